The van der Waals surface area contributed by atoms with Crippen molar-refractivity contribution in [2.75, 3.05) is 22.1 Å². The Kier molecular flexibility index (Phi) is 5.40. The summed E-state index contributed by atoms with van der Waals surface area (Å²) in [5, 5.41) is 15.4. The number of benzene rings is 3. The second-order valence-corrected chi connectivity index (χ2v) is 6.82. The molecule has 0 aliphatic heterocycles. The van der Waals surface area contributed by atoms with Gasteiger partial charge in [0.05, 0.1) is 0 Å². The zero-order chi connectivity index (χ0) is 21.1. The summed E-state index contributed by atoms with van der Waals surface area (Å²) in [6, 6.07) is 14.3. The number of aromatic hydroxyl groups is 1. The molecule has 0 atom stereocenters. The molecule has 0 aliphatic rings. The van der Waals surface area contributed by atoms with Crippen LogP contribution in [0.15, 0.2) is 54.6 Å². The van der Waals surface area contributed by atoms with Gasteiger partial charge in [0, 0.05) is 33.9 Å². The summed E-state index contributed by atoms with van der Waals surface area (Å²) in [7, 11) is 0. The van der Waals surface area contributed by atoms with Gasteiger partial charge in [-0.3, -0.25) is 9.59 Å². The highest BCUT2D eigenvalue weighted by Crippen LogP contribution is 2.22. The Morgan fingerprint density at radius 3 is 1.52 bits per heavy atom. The van der Waals surface area contributed by atoms with E-state index in [4.69, 9.17) is 11.5 Å². The quantitative estimate of drug-likeness (QED) is 0.434. The molecule has 0 spiro atoms. The number of carbonyl (C=O) groups excluding carboxylic acids is 2. The van der Waals surface area contributed by atoms with E-state index in [1.165, 1.54) is 18.2 Å². The maximum Gasteiger partial charge on any atom is 0.255 e. The largest absolute Gasteiger partial charge is 0.508 e. The van der Waals surface area contributed by atoms with Gasteiger partial charge in [-0.2, -0.15) is 0 Å². The van der Waals surface area contributed by atoms with E-state index in [1.807, 2.05) is 13.8 Å². The molecule has 0 fully saturated rings. The number of hydrogen-bond donors (Lipinski definition) is 5. The molecule has 3 rings (SSSR count). The number of anilines is 4. The van der Waals surface area contributed by atoms with Gasteiger partial charge < -0.3 is 27.2 Å². The van der Waals surface area contributed by atoms with Crippen LogP contribution in [-0.4, -0.2) is 16.9 Å². The first-order chi connectivity index (χ1) is 13.7. The van der Waals surface area contributed by atoms with Crippen molar-refractivity contribution in [2.45, 2.75) is 13.8 Å². The van der Waals surface area contributed by atoms with E-state index in [2.05, 4.69) is 10.6 Å². The first-order valence-electron chi connectivity index (χ1n) is 8.92. The lowest BCUT2D eigenvalue weighted by molar-refractivity contribution is 0.102. The monoisotopic (exact) mass is 390 g/mol. The predicted octanol–water partition coefficient (Wildman–Crippen LogP) is 3.68. The fourth-order valence-corrected chi connectivity index (χ4v) is 2.72. The zero-order valence-electron chi connectivity index (χ0n) is 16.1. The minimum Gasteiger partial charge on any atom is -0.508 e. The second-order valence-electron chi connectivity index (χ2n) is 6.82. The number of phenolic OH excluding ortho intramolecular Hbond substituents is 1. The number of nitrogens with one attached hydrogen (secondary N) is 2. The molecule has 0 heterocycles. The van der Waals surface area contributed by atoms with Crippen molar-refractivity contribution in [3.8, 4) is 5.75 Å². The maximum absolute atomic E-state index is 12.6. The fourth-order valence-electron chi connectivity index (χ4n) is 2.72. The summed E-state index contributed by atoms with van der Waals surface area (Å²) in [6.45, 7) is 3.73. The highest BCUT2D eigenvalue weighted by molar-refractivity contribution is 6.09. The minimum absolute atomic E-state index is 0.137. The van der Waals surface area contributed by atoms with Crippen LogP contribution in [0.4, 0.5) is 22.7 Å². The molecule has 0 saturated carbocycles. The van der Waals surface area contributed by atoms with Gasteiger partial charge in [0.1, 0.15) is 5.75 Å². The van der Waals surface area contributed by atoms with Crippen LogP contribution >= 0.6 is 0 Å². The molecule has 3 aromatic carbocycles. The number of phenols is 1. The second kappa shape index (κ2) is 7.93. The van der Waals surface area contributed by atoms with Crippen molar-refractivity contribution in [2.24, 2.45) is 0 Å². The number of rotatable bonds is 4. The van der Waals surface area contributed by atoms with Crippen LogP contribution in [0.25, 0.3) is 0 Å². The molecule has 0 aromatic heterocycles. The number of amides is 2. The maximum atomic E-state index is 12.6. The molecule has 7 nitrogen and oxygen atoms in total. The molecule has 0 unspecified atom stereocenters. The average Bonchev–Trinajstić information content (AvgIpc) is 2.67. The van der Waals surface area contributed by atoms with E-state index < -0.39 is 11.8 Å². The van der Waals surface area contributed by atoms with Crippen molar-refractivity contribution in [3.05, 3.63) is 76.9 Å². The SMILES string of the molecule is Cc1ccc(NC(=O)c2cc(O)cc(C(=O)Nc3ccc(C)c(N)c3)c2)cc1N. The third kappa shape index (κ3) is 4.65. The predicted molar refractivity (Wildman–Crippen MR) is 115 cm³/mol. The number of nitrogens with two attached hydrogens (primary N) is 2. The lowest BCUT2D eigenvalue weighted by atomic mass is 10.1. The van der Waals surface area contributed by atoms with Gasteiger partial charge in [-0.15, -0.1) is 0 Å². The van der Waals surface area contributed by atoms with Gasteiger partial charge in [0.25, 0.3) is 11.8 Å². The minimum atomic E-state index is -0.474. The highest BCUT2D eigenvalue weighted by Gasteiger charge is 2.14. The molecular formula is C22H22N4O3. The van der Waals surface area contributed by atoms with Gasteiger partial charge in [-0.05, 0) is 67.4 Å². The first-order valence-corrected chi connectivity index (χ1v) is 8.92. The van der Waals surface area contributed by atoms with Crippen LogP contribution in [0.2, 0.25) is 0 Å². The zero-order valence-corrected chi connectivity index (χ0v) is 16.1. The fraction of sp³-hybridized carbons (Fsp3) is 0.0909. The van der Waals surface area contributed by atoms with E-state index in [0.717, 1.165) is 11.1 Å². The Morgan fingerprint density at radius 1 is 0.724 bits per heavy atom. The Morgan fingerprint density at radius 2 is 1.14 bits per heavy atom. The summed E-state index contributed by atoms with van der Waals surface area (Å²) in [5.74, 6) is -1.15. The first kappa shape index (κ1) is 19.8. The van der Waals surface area contributed by atoms with Gasteiger partial charge in [0.2, 0.25) is 0 Å². The smallest absolute Gasteiger partial charge is 0.255 e. The van der Waals surface area contributed by atoms with E-state index in [1.54, 1.807) is 36.4 Å². The average molecular weight is 390 g/mol. The number of aryl methyl sites for hydroxylation is 2. The van der Waals surface area contributed by atoms with Gasteiger partial charge in [-0.25, -0.2) is 0 Å². The molecular weight excluding hydrogens is 368 g/mol. The van der Waals surface area contributed by atoms with Crippen molar-refractivity contribution in [3.63, 3.8) is 0 Å². The highest BCUT2D eigenvalue weighted by atomic mass is 16.3. The van der Waals surface area contributed by atoms with Crippen LogP contribution in [0.5, 0.6) is 5.75 Å². The van der Waals surface area contributed by atoms with Crippen molar-refractivity contribution in [1.29, 1.82) is 0 Å². The lowest BCUT2D eigenvalue weighted by Gasteiger charge is -2.11. The van der Waals surface area contributed by atoms with Crippen LogP contribution in [-0.2, 0) is 0 Å². The number of hydrogen-bond acceptors (Lipinski definition) is 5. The molecule has 148 valence electrons. The third-order valence-corrected chi connectivity index (χ3v) is 4.52. The topological polar surface area (TPSA) is 130 Å². The van der Waals surface area contributed by atoms with Crippen LogP contribution in [0.1, 0.15) is 31.8 Å². The van der Waals surface area contributed by atoms with Crippen LogP contribution < -0.4 is 22.1 Å². The summed E-state index contributed by atoms with van der Waals surface area (Å²) in [6.07, 6.45) is 0. The summed E-state index contributed by atoms with van der Waals surface area (Å²) in [5.41, 5.74) is 15.9. The normalized spacial score (nSPS) is 10.4. The van der Waals surface area contributed by atoms with Gasteiger partial charge in [0.15, 0.2) is 0 Å². The van der Waals surface area contributed by atoms with E-state index in [0.29, 0.717) is 22.7 Å². The molecule has 29 heavy (non-hydrogen) atoms. The van der Waals surface area contributed by atoms with Crippen molar-refractivity contribution < 1.29 is 14.7 Å². The van der Waals surface area contributed by atoms with Crippen molar-refractivity contribution in [1.82, 2.24) is 0 Å². The summed E-state index contributed by atoms with van der Waals surface area (Å²) in [4.78, 5) is 25.1. The lowest BCUT2D eigenvalue weighted by Crippen LogP contribution is -2.16. The number of carbonyl (C=O) groups is 2. The Balaban J connectivity index is 1.81. The molecule has 2 amide bonds. The van der Waals surface area contributed by atoms with E-state index in [9.17, 15) is 14.7 Å². The summed E-state index contributed by atoms with van der Waals surface area (Å²) >= 11 is 0. The number of nitrogen functional groups attached to an aromatic ring is 2. The molecule has 3 aromatic rings. The molecule has 7 heteroatoms. The molecule has 7 N–H and O–H groups in total. The third-order valence-electron chi connectivity index (χ3n) is 4.52. The summed E-state index contributed by atoms with van der Waals surface area (Å²) < 4.78 is 0. The molecule has 0 aliphatic carbocycles. The van der Waals surface area contributed by atoms with E-state index in [-0.39, 0.29) is 16.9 Å². The molecule has 0 bridgehead atoms. The van der Waals surface area contributed by atoms with Crippen LogP contribution in [0.3, 0.4) is 0 Å². The molecule has 0 radical (unpaired) electrons. The van der Waals surface area contributed by atoms with Crippen LogP contribution in [0, 0.1) is 13.8 Å². The molecule has 0 saturated heterocycles. The van der Waals surface area contributed by atoms with Crippen molar-refractivity contribution >= 4 is 34.6 Å². The Labute approximate surface area is 168 Å². The Hall–Kier alpha value is -4.00. The standard InChI is InChI=1S/C22H22N4O3/c1-12-3-5-16(10-19(12)23)25-21(28)14-7-15(9-18(27)8-14)22(29)26-17-6-4-13(2)20(24)11-17/h3-11,27H,23-24H2,1-2H3,(H,25,28)(H,26,29). The van der Waals surface area contributed by atoms with E-state index >= 15 is 0 Å². The van der Waals surface area contributed by atoms with Gasteiger partial charge in [-0.1, -0.05) is 12.1 Å². The van der Waals surface area contributed by atoms with Gasteiger partial charge >= 0.3 is 0 Å². The Bertz CT molecular complexity index is 1030.